The van der Waals surface area contributed by atoms with Crippen molar-refractivity contribution in [1.29, 1.82) is 0 Å². The van der Waals surface area contributed by atoms with Gasteiger partial charge in [0.15, 0.2) is 0 Å². The molecule has 1 heterocycles. The van der Waals surface area contributed by atoms with Gasteiger partial charge in [-0.25, -0.2) is 0 Å². The third-order valence-corrected chi connectivity index (χ3v) is 3.77. The number of rotatable bonds is 5. The Morgan fingerprint density at radius 3 is 2.74 bits per heavy atom. The van der Waals surface area contributed by atoms with Crippen molar-refractivity contribution in [2.75, 3.05) is 32.7 Å². The van der Waals surface area contributed by atoms with E-state index < -0.39 is 0 Å². The summed E-state index contributed by atoms with van der Waals surface area (Å²) in [4.78, 5) is 2.35. The molecule has 0 spiro atoms. The number of nitrogens with one attached hydrogen (secondary N) is 1. The van der Waals surface area contributed by atoms with E-state index in [1.54, 1.807) is 0 Å². The zero-order valence-corrected chi connectivity index (χ0v) is 11.9. The maximum atomic E-state index is 10.3. The molecule has 3 heteroatoms. The van der Waals surface area contributed by atoms with Crippen LogP contribution in [0.1, 0.15) is 37.0 Å². The average molecular weight is 262 g/mol. The highest BCUT2D eigenvalue weighted by atomic mass is 16.3. The van der Waals surface area contributed by atoms with Gasteiger partial charge in [0.05, 0.1) is 6.10 Å². The van der Waals surface area contributed by atoms with Gasteiger partial charge < -0.3 is 10.4 Å². The van der Waals surface area contributed by atoms with E-state index in [-0.39, 0.29) is 6.10 Å². The molecule has 1 fully saturated rings. The molecule has 1 saturated heterocycles. The molecule has 0 saturated carbocycles. The smallest absolute Gasteiger partial charge is 0.0916 e. The van der Waals surface area contributed by atoms with E-state index in [2.05, 4.69) is 41.4 Å². The SMILES string of the molecule is CCCc1ccc(C(O)CN2CCCNCC2)cc1. The second-order valence-corrected chi connectivity index (χ2v) is 5.41. The van der Waals surface area contributed by atoms with E-state index in [0.29, 0.717) is 0 Å². The normalized spacial score (nSPS) is 19.1. The van der Waals surface area contributed by atoms with E-state index in [9.17, 15) is 5.11 Å². The van der Waals surface area contributed by atoms with Gasteiger partial charge >= 0.3 is 0 Å². The molecule has 0 bridgehead atoms. The predicted molar refractivity (Wildman–Crippen MR) is 79.3 cm³/mol. The summed E-state index contributed by atoms with van der Waals surface area (Å²) in [5, 5.41) is 13.7. The van der Waals surface area contributed by atoms with Crippen molar-refractivity contribution in [3.8, 4) is 0 Å². The van der Waals surface area contributed by atoms with Crippen LogP contribution in [0.25, 0.3) is 0 Å². The molecule has 1 aromatic rings. The van der Waals surface area contributed by atoms with Gasteiger partial charge in [0.2, 0.25) is 0 Å². The number of aliphatic hydroxyl groups excluding tert-OH is 1. The Bertz CT molecular complexity index is 356. The lowest BCUT2D eigenvalue weighted by Crippen LogP contribution is -2.32. The highest BCUT2D eigenvalue weighted by Gasteiger charge is 2.14. The molecule has 19 heavy (non-hydrogen) atoms. The molecule has 1 atom stereocenters. The predicted octanol–water partition coefficient (Wildman–Crippen LogP) is 1.97. The number of benzene rings is 1. The van der Waals surface area contributed by atoms with Gasteiger partial charge in [0.25, 0.3) is 0 Å². The Morgan fingerprint density at radius 1 is 1.21 bits per heavy atom. The molecule has 3 nitrogen and oxygen atoms in total. The van der Waals surface area contributed by atoms with E-state index in [1.807, 2.05) is 0 Å². The maximum Gasteiger partial charge on any atom is 0.0916 e. The topological polar surface area (TPSA) is 35.5 Å². The monoisotopic (exact) mass is 262 g/mol. The van der Waals surface area contributed by atoms with Crippen molar-refractivity contribution < 1.29 is 5.11 Å². The van der Waals surface area contributed by atoms with Gasteiger partial charge in [0, 0.05) is 19.6 Å². The molecule has 1 unspecified atom stereocenters. The molecule has 0 aromatic heterocycles. The van der Waals surface area contributed by atoms with Crippen LogP contribution in [-0.4, -0.2) is 42.7 Å². The number of aryl methyl sites for hydroxylation is 1. The Kier molecular flexibility index (Phi) is 5.83. The minimum Gasteiger partial charge on any atom is -0.387 e. The van der Waals surface area contributed by atoms with Gasteiger partial charge in [-0.15, -0.1) is 0 Å². The van der Waals surface area contributed by atoms with Crippen molar-refractivity contribution in [1.82, 2.24) is 10.2 Å². The molecule has 1 aliphatic heterocycles. The second kappa shape index (κ2) is 7.63. The number of aliphatic hydroxyl groups is 1. The van der Waals surface area contributed by atoms with Crippen LogP contribution in [0.15, 0.2) is 24.3 Å². The molecule has 2 N–H and O–H groups in total. The van der Waals surface area contributed by atoms with Crippen LogP contribution >= 0.6 is 0 Å². The Balaban J connectivity index is 1.89. The number of nitrogens with zero attached hydrogens (tertiary/aromatic N) is 1. The third kappa shape index (κ3) is 4.60. The van der Waals surface area contributed by atoms with Gasteiger partial charge in [-0.2, -0.15) is 0 Å². The van der Waals surface area contributed by atoms with Gasteiger partial charge in [-0.1, -0.05) is 37.6 Å². The molecule has 1 aromatic carbocycles. The zero-order valence-electron chi connectivity index (χ0n) is 11.9. The molecule has 0 aliphatic carbocycles. The molecule has 0 amide bonds. The van der Waals surface area contributed by atoms with Crippen LogP contribution in [0.2, 0.25) is 0 Å². The van der Waals surface area contributed by atoms with E-state index in [4.69, 9.17) is 0 Å². The molecule has 106 valence electrons. The quantitative estimate of drug-likeness (QED) is 0.851. The Morgan fingerprint density at radius 2 is 2.00 bits per heavy atom. The summed E-state index contributed by atoms with van der Waals surface area (Å²) < 4.78 is 0. The Labute approximate surface area is 116 Å². The number of β-amino-alcohol motifs (C(OH)–C–C–N with tert-alkyl or cyclic N) is 1. The van der Waals surface area contributed by atoms with Crippen LogP contribution in [0.5, 0.6) is 0 Å². The second-order valence-electron chi connectivity index (χ2n) is 5.41. The largest absolute Gasteiger partial charge is 0.387 e. The molecular weight excluding hydrogens is 236 g/mol. The maximum absolute atomic E-state index is 10.3. The summed E-state index contributed by atoms with van der Waals surface area (Å²) in [6, 6.07) is 8.44. The molecule has 2 rings (SSSR count). The van der Waals surface area contributed by atoms with Crippen LogP contribution in [0.3, 0.4) is 0 Å². The fraction of sp³-hybridized carbons (Fsp3) is 0.625. The van der Waals surface area contributed by atoms with Crippen molar-refractivity contribution in [3.05, 3.63) is 35.4 Å². The average Bonchev–Trinajstić information content (AvgIpc) is 2.68. The molecular formula is C16H26N2O. The first-order chi connectivity index (χ1) is 9.29. The number of hydrogen-bond donors (Lipinski definition) is 2. The lowest BCUT2D eigenvalue weighted by Gasteiger charge is -2.23. The summed E-state index contributed by atoms with van der Waals surface area (Å²) in [6.45, 7) is 7.17. The van der Waals surface area contributed by atoms with Crippen LogP contribution in [0, 0.1) is 0 Å². The zero-order chi connectivity index (χ0) is 13.5. The third-order valence-electron chi connectivity index (χ3n) is 3.77. The summed E-state index contributed by atoms with van der Waals surface area (Å²) in [6.07, 6.45) is 3.09. The summed E-state index contributed by atoms with van der Waals surface area (Å²) in [5.41, 5.74) is 2.40. The van der Waals surface area contributed by atoms with Crippen molar-refractivity contribution in [2.24, 2.45) is 0 Å². The van der Waals surface area contributed by atoms with Gasteiger partial charge in [-0.3, -0.25) is 4.90 Å². The van der Waals surface area contributed by atoms with E-state index in [0.717, 1.165) is 44.7 Å². The first kappa shape index (κ1) is 14.5. The van der Waals surface area contributed by atoms with Crippen molar-refractivity contribution >= 4 is 0 Å². The van der Waals surface area contributed by atoms with E-state index >= 15 is 0 Å². The summed E-state index contributed by atoms with van der Waals surface area (Å²) >= 11 is 0. The van der Waals surface area contributed by atoms with Crippen LogP contribution < -0.4 is 5.32 Å². The number of hydrogen-bond acceptors (Lipinski definition) is 3. The van der Waals surface area contributed by atoms with Crippen molar-refractivity contribution in [3.63, 3.8) is 0 Å². The minimum absolute atomic E-state index is 0.367. The van der Waals surface area contributed by atoms with Gasteiger partial charge in [-0.05, 0) is 37.1 Å². The molecule has 1 aliphatic rings. The highest BCUT2D eigenvalue weighted by molar-refractivity contribution is 5.24. The lowest BCUT2D eigenvalue weighted by atomic mass is 10.0. The van der Waals surface area contributed by atoms with E-state index in [1.165, 1.54) is 18.4 Å². The highest BCUT2D eigenvalue weighted by Crippen LogP contribution is 2.16. The fourth-order valence-corrected chi connectivity index (χ4v) is 2.63. The van der Waals surface area contributed by atoms with Gasteiger partial charge in [0.1, 0.15) is 0 Å². The fourth-order valence-electron chi connectivity index (χ4n) is 2.63. The van der Waals surface area contributed by atoms with Crippen molar-refractivity contribution in [2.45, 2.75) is 32.3 Å². The Hall–Kier alpha value is -0.900. The summed E-state index contributed by atoms with van der Waals surface area (Å²) in [7, 11) is 0. The first-order valence-corrected chi connectivity index (χ1v) is 7.49. The van der Waals surface area contributed by atoms with Crippen LogP contribution in [0.4, 0.5) is 0 Å². The first-order valence-electron chi connectivity index (χ1n) is 7.49. The standard InChI is InChI=1S/C16H26N2O/c1-2-4-14-5-7-15(8-6-14)16(19)13-18-11-3-9-17-10-12-18/h5-8,16-17,19H,2-4,9-13H2,1H3. The minimum atomic E-state index is -0.367. The molecule has 0 radical (unpaired) electrons. The van der Waals surface area contributed by atoms with Crippen LogP contribution in [-0.2, 0) is 6.42 Å². The lowest BCUT2D eigenvalue weighted by molar-refractivity contribution is 0.117. The summed E-state index contributed by atoms with van der Waals surface area (Å²) in [5.74, 6) is 0.